The summed E-state index contributed by atoms with van der Waals surface area (Å²) in [5.74, 6) is 0. The molecule has 0 spiro atoms. The van der Waals surface area contributed by atoms with E-state index in [1.165, 1.54) is 49.7 Å². The van der Waals surface area contributed by atoms with Gasteiger partial charge in [0, 0.05) is 0 Å². The van der Waals surface area contributed by atoms with Gasteiger partial charge in [-0.2, -0.15) is 0 Å². The minimum absolute atomic E-state index is 1.08. The van der Waals surface area contributed by atoms with Gasteiger partial charge in [0.25, 0.3) is 0 Å². The van der Waals surface area contributed by atoms with Crippen LogP contribution in [0, 0.1) is 6.92 Å². The highest BCUT2D eigenvalue weighted by Crippen LogP contribution is 2.10. The Morgan fingerprint density at radius 3 is 2.00 bits per heavy atom. The molecule has 0 saturated heterocycles. The van der Waals surface area contributed by atoms with E-state index in [-0.39, 0.29) is 0 Å². The Balaban J connectivity index is 2.29. The highest BCUT2D eigenvalue weighted by molar-refractivity contribution is 5.22. The normalized spacial score (nSPS) is 10.5. The molecule has 1 aromatic rings. The monoisotopic (exact) mass is 203 g/mol. The molecule has 0 nitrogen and oxygen atoms in total. The summed E-state index contributed by atoms with van der Waals surface area (Å²) in [6.45, 7) is 6.09. The van der Waals surface area contributed by atoms with Crippen molar-refractivity contribution < 1.29 is 0 Å². The molecule has 83 valence electrons. The quantitative estimate of drug-likeness (QED) is 0.569. The summed E-state index contributed by atoms with van der Waals surface area (Å²) in [5.41, 5.74) is 2.96. The molecule has 1 aromatic carbocycles. The SMILES string of the molecule is [CH2]CCCCCc1ccc(CCC)cc1. The van der Waals surface area contributed by atoms with Gasteiger partial charge in [-0.15, -0.1) is 0 Å². The van der Waals surface area contributed by atoms with Gasteiger partial charge in [0.2, 0.25) is 0 Å². The first-order valence-electron chi connectivity index (χ1n) is 6.24. The van der Waals surface area contributed by atoms with E-state index in [1.807, 2.05) is 0 Å². The molecular formula is C15H23. The third-order valence-corrected chi connectivity index (χ3v) is 2.78. The van der Waals surface area contributed by atoms with E-state index >= 15 is 0 Å². The molecule has 0 atom stereocenters. The number of unbranched alkanes of at least 4 members (excludes halogenated alkanes) is 3. The third kappa shape index (κ3) is 5.01. The summed E-state index contributed by atoms with van der Waals surface area (Å²) in [6, 6.07) is 9.13. The smallest absolute Gasteiger partial charge is 0.0279 e. The Morgan fingerprint density at radius 2 is 1.47 bits per heavy atom. The molecule has 0 aromatic heterocycles. The van der Waals surface area contributed by atoms with Gasteiger partial charge in [-0.25, -0.2) is 0 Å². The van der Waals surface area contributed by atoms with Crippen LogP contribution in [0.3, 0.4) is 0 Å². The largest absolute Gasteiger partial charge is 0.0651 e. The van der Waals surface area contributed by atoms with Crippen LogP contribution < -0.4 is 0 Å². The maximum absolute atomic E-state index is 3.86. The summed E-state index contributed by atoms with van der Waals surface area (Å²) in [6.07, 6.45) is 8.66. The van der Waals surface area contributed by atoms with E-state index in [1.54, 1.807) is 0 Å². The predicted molar refractivity (Wildman–Crippen MR) is 68.0 cm³/mol. The van der Waals surface area contributed by atoms with Gasteiger partial charge in [-0.05, 0) is 30.4 Å². The lowest BCUT2D eigenvalue weighted by Gasteiger charge is -2.03. The fourth-order valence-corrected chi connectivity index (χ4v) is 1.84. The number of hydrogen-bond donors (Lipinski definition) is 0. The van der Waals surface area contributed by atoms with Crippen molar-refractivity contribution in [2.45, 2.75) is 51.9 Å². The third-order valence-electron chi connectivity index (χ3n) is 2.78. The zero-order valence-electron chi connectivity index (χ0n) is 9.97. The second kappa shape index (κ2) is 7.50. The first-order valence-corrected chi connectivity index (χ1v) is 6.24. The van der Waals surface area contributed by atoms with Crippen LogP contribution in [0.1, 0.15) is 50.2 Å². The lowest BCUT2D eigenvalue weighted by atomic mass is 10.0. The van der Waals surface area contributed by atoms with Crippen molar-refractivity contribution in [3.63, 3.8) is 0 Å². The van der Waals surface area contributed by atoms with Crippen LogP contribution in [-0.2, 0) is 12.8 Å². The molecule has 1 rings (SSSR count). The van der Waals surface area contributed by atoms with Crippen molar-refractivity contribution in [3.8, 4) is 0 Å². The topological polar surface area (TPSA) is 0 Å². The van der Waals surface area contributed by atoms with Gasteiger partial charge in [0.1, 0.15) is 0 Å². The number of aryl methyl sites for hydroxylation is 2. The van der Waals surface area contributed by atoms with E-state index in [0.717, 1.165) is 6.42 Å². The molecule has 1 radical (unpaired) electrons. The van der Waals surface area contributed by atoms with Gasteiger partial charge >= 0.3 is 0 Å². The first-order chi connectivity index (χ1) is 7.36. The highest BCUT2D eigenvalue weighted by atomic mass is 14.0. The summed E-state index contributed by atoms with van der Waals surface area (Å²) >= 11 is 0. The molecular weight excluding hydrogens is 180 g/mol. The fraction of sp³-hybridized carbons (Fsp3) is 0.533. The van der Waals surface area contributed by atoms with Gasteiger partial charge < -0.3 is 0 Å². The molecule has 0 N–H and O–H groups in total. The van der Waals surface area contributed by atoms with Gasteiger partial charge in [-0.1, -0.05) is 63.8 Å². The van der Waals surface area contributed by atoms with Crippen LogP contribution in [0.2, 0.25) is 0 Å². The fourth-order valence-electron chi connectivity index (χ4n) is 1.84. The maximum Gasteiger partial charge on any atom is -0.0279 e. The van der Waals surface area contributed by atoms with E-state index in [0.29, 0.717) is 0 Å². The molecule has 0 amide bonds. The Hall–Kier alpha value is -0.780. The lowest BCUT2D eigenvalue weighted by molar-refractivity contribution is 0.686. The standard InChI is InChI=1S/C15H23/c1-3-5-6-7-9-15-12-10-14(8-4-2)11-13-15/h10-13H,1,3-9H2,2H3. The molecule has 0 heterocycles. The molecule has 0 saturated carbocycles. The van der Waals surface area contributed by atoms with E-state index < -0.39 is 0 Å². The van der Waals surface area contributed by atoms with E-state index in [9.17, 15) is 0 Å². The van der Waals surface area contributed by atoms with E-state index in [4.69, 9.17) is 0 Å². The van der Waals surface area contributed by atoms with Crippen LogP contribution >= 0.6 is 0 Å². The Bertz CT molecular complexity index is 245. The molecule has 0 unspecified atom stereocenters. The van der Waals surface area contributed by atoms with Crippen molar-refractivity contribution >= 4 is 0 Å². The second-order valence-electron chi connectivity index (χ2n) is 4.23. The Morgan fingerprint density at radius 1 is 0.867 bits per heavy atom. The van der Waals surface area contributed by atoms with Crippen molar-refractivity contribution in [1.82, 2.24) is 0 Å². The average Bonchev–Trinajstić information content (AvgIpc) is 2.27. The Kier molecular flexibility index (Phi) is 6.15. The van der Waals surface area contributed by atoms with Crippen molar-refractivity contribution in [2.24, 2.45) is 0 Å². The van der Waals surface area contributed by atoms with Crippen molar-refractivity contribution in [1.29, 1.82) is 0 Å². The highest BCUT2D eigenvalue weighted by Gasteiger charge is 1.94. The van der Waals surface area contributed by atoms with Gasteiger partial charge in [-0.3, -0.25) is 0 Å². The van der Waals surface area contributed by atoms with Gasteiger partial charge in [0.15, 0.2) is 0 Å². The summed E-state index contributed by atoms with van der Waals surface area (Å²) in [7, 11) is 0. The van der Waals surface area contributed by atoms with Crippen molar-refractivity contribution in [2.75, 3.05) is 0 Å². The zero-order valence-corrected chi connectivity index (χ0v) is 9.97. The molecule has 15 heavy (non-hydrogen) atoms. The number of rotatable bonds is 7. The lowest BCUT2D eigenvalue weighted by Crippen LogP contribution is -1.88. The predicted octanol–water partition coefficient (Wildman–Crippen LogP) is 4.58. The molecule has 0 bridgehead atoms. The van der Waals surface area contributed by atoms with Gasteiger partial charge in [0.05, 0.1) is 0 Å². The molecule has 0 heteroatoms. The van der Waals surface area contributed by atoms with Crippen LogP contribution in [-0.4, -0.2) is 0 Å². The molecule has 0 fully saturated rings. The zero-order chi connectivity index (χ0) is 10.9. The molecule has 0 aliphatic heterocycles. The summed E-state index contributed by atoms with van der Waals surface area (Å²) in [4.78, 5) is 0. The van der Waals surface area contributed by atoms with Crippen LogP contribution in [0.4, 0.5) is 0 Å². The first kappa shape index (κ1) is 12.3. The average molecular weight is 203 g/mol. The number of hydrogen-bond acceptors (Lipinski definition) is 0. The summed E-state index contributed by atoms with van der Waals surface area (Å²) in [5, 5.41) is 0. The number of benzene rings is 1. The van der Waals surface area contributed by atoms with Crippen LogP contribution in [0.5, 0.6) is 0 Å². The maximum atomic E-state index is 3.86. The molecule has 0 aliphatic rings. The van der Waals surface area contributed by atoms with Crippen LogP contribution in [0.15, 0.2) is 24.3 Å². The van der Waals surface area contributed by atoms with E-state index in [2.05, 4.69) is 38.1 Å². The second-order valence-corrected chi connectivity index (χ2v) is 4.23. The minimum atomic E-state index is 1.08. The van der Waals surface area contributed by atoms with Crippen LogP contribution in [0.25, 0.3) is 0 Å². The minimum Gasteiger partial charge on any atom is -0.0651 e. The van der Waals surface area contributed by atoms with Crippen molar-refractivity contribution in [3.05, 3.63) is 42.3 Å². The summed E-state index contributed by atoms with van der Waals surface area (Å²) < 4.78 is 0. The Labute approximate surface area is 94.7 Å². The molecule has 0 aliphatic carbocycles.